The van der Waals surface area contributed by atoms with E-state index in [2.05, 4.69) is 52.0 Å². The first-order valence-corrected chi connectivity index (χ1v) is 9.75. The van der Waals surface area contributed by atoms with Crippen LogP contribution in [-0.4, -0.2) is 29.1 Å². The number of halogens is 1. The van der Waals surface area contributed by atoms with E-state index in [0.29, 0.717) is 6.54 Å². The average Bonchev–Trinajstić information content (AvgIpc) is 3.09. The van der Waals surface area contributed by atoms with Crippen LogP contribution in [-0.2, 0) is 4.79 Å². The summed E-state index contributed by atoms with van der Waals surface area (Å²) in [7, 11) is 0. The van der Waals surface area contributed by atoms with E-state index in [-0.39, 0.29) is 12.0 Å². The molecule has 3 heterocycles. The van der Waals surface area contributed by atoms with Crippen LogP contribution >= 0.6 is 38.6 Å². The van der Waals surface area contributed by atoms with Crippen LogP contribution in [0, 0.1) is 12.8 Å². The number of rotatable bonds is 4. The van der Waals surface area contributed by atoms with Gasteiger partial charge >= 0.3 is 5.97 Å². The fourth-order valence-electron chi connectivity index (χ4n) is 3.02. The van der Waals surface area contributed by atoms with Crippen LogP contribution in [0.3, 0.4) is 0 Å². The van der Waals surface area contributed by atoms with Crippen molar-refractivity contribution in [3.63, 3.8) is 0 Å². The molecule has 1 fully saturated rings. The molecular formula is C16H18BrNO2S2. The second-order valence-electron chi connectivity index (χ2n) is 5.67. The smallest absolute Gasteiger partial charge is 0.307 e. The maximum Gasteiger partial charge on any atom is 0.307 e. The van der Waals surface area contributed by atoms with Crippen LogP contribution in [0.1, 0.15) is 33.5 Å². The summed E-state index contributed by atoms with van der Waals surface area (Å²) >= 11 is 7.09. The second kappa shape index (κ2) is 6.83. The molecule has 0 aromatic carbocycles. The van der Waals surface area contributed by atoms with E-state index in [0.717, 1.165) is 23.2 Å². The minimum absolute atomic E-state index is 0.178. The molecule has 3 rings (SSSR count). The molecule has 22 heavy (non-hydrogen) atoms. The lowest BCUT2D eigenvalue weighted by Crippen LogP contribution is -2.40. The van der Waals surface area contributed by atoms with Crippen molar-refractivity contribution in [2.24, 2.45) is 5.92 Å². The molecule has 0 bridgehead atoms. The predicted molar refractivity (Wildman–Crippen MR) is 94.9 cm³/mol. The maximum absolute atomic E-state index is 11.4. The molecule has 118 valence electrons. The molecule has 1 saturated heterocycles. The number of nitrogens with zero attached hydrogens (tertiary/aromatic N) is 1. The monoisotopic (exact) mass is 399 g/mol. The fraction of sp³-hybridized carbons (Fsp3) is 0.438. The molecule has 0 spiro atoms. The van der Waals surface area contributed by atoms with Crippen molar-refractivity contribution in [2.45, 2.75) is 25.8 Å². The molecule has 1 aliphatic heterocycles. The van der Waals surface area contributed by atoms with Gasteiger partial charge in [0, 0.05) is 21.2 Å². The molecule has 1 N–H and O–H groups in total. The van der Waals surface area contributed by atoms with Gasteiger partial charge < -0.3 is 5.11 Å². The third-order valence-corrected chi connectivity index (χ3v) is 6.79. The highest BCUT2D eigenvalue weighted by molar-refractivity contribution is 9.11. The van der Waals surface area contributed by atoms with E-state index in [9.17, 15) is 9.90 Å². The van der Waals surface area contributed by atoms with Gasteiger partial charge in [-0.15, -0.1) is 22.7 Å². The second-order valence-corrected chi connectivity index (χ2v) is 9.48. The Morgan fingerprint density at radius 2 is 2.05 bits per heavy atom. The van der Waals surface area contributed by atoms with Crippen LogP contribution in [0.5, 0.6) is 0 Å². The van der Waals surface area contributed by atoms with Gasteiger partial charge in [0.15, 0.2) is 0 Å². The van der Waals surface area contributed by atoms with Crippen molar-refractivity contribution >= 4 is 44.6 Å². The Kier molecular flexibility index (Phi) is 5.02. The highest BCUT2D eigenvalue weighted by Gasteiger charge is 2.32. The normalized spacial score (nSPS) is 20.9. The first kappa shape index (κ1) is 16.2. The van der Waals surface area contributed by atoms with Crippen LogP contribution in [0.25, 0.3) is 0 Å². The Hall–Kier alpha value is -0.690. The van der Waals surface area contributed by atoms with Crippen LogP contribution in [0.4, 0.5) is 0 Å². The van der Waals surface area contributed by atoms with Crippen molar-refractivity contribution in [2.75, 3.05) is 13.1 Å². The highest BCUT2D eigenvalue weighted by Crippen LogP contribution is 2.39. The van der Waals surface area contributed by atoms with Gasteiger partial charge in [0.2, 0.25) is 0 Å². The van der Waals surface area contributed by atoms with Crippen molar-refractivity contribution in [1.82, 2.24) is 4.90 Å². The molecule has 6 heteroatoms. The fourth-order valence-corrected chi connectivity index (χ4v) is 5.70. The summed E-state index contributed by atoms with van der Waals surface area (Å²) in [5, 5.41) is 9.36. The standard InChI is InChI=1S/C16H18BrNO2S2/c1-10-4-5-12(21-10)15(13-6-7-14(17)22-13)18-8-2-3-11(9-18)16(19)20/h4-7,11,15H,2-3,8-9H2,1H3,(H,19,20). The Morgan fingerprint density at radius 1 is 1.32 bits per heavy atom. The number of aryl methyl sites for hydroxylation is 1. The molecule has 2 aromatic rings. The van der Waals surface area contributed by atoms with E-state index in [1.54, 1.807) is 22.7 Å². The first-order valence-electron chi connectivity index (χ1n) is 7.33. The van der Waals surface area contributed by atoms with Gasteiger partial charge in [-0.25, -0.2) is 0 Å². The van der Waals surface area contributed by atoms with Crippen LogP contribution in [0.2, 0.25) is 0 Å². The molecule has 0 amide bonds. The SMILES string of the molecule is Cc1ccc(C(c2ccc(Br)s2)N2CCCC(C(=O)O)C2)s1. The molecule has 2 aromatic heterocycles. The Balaban J connectivity index is 1.93. The van der Waals surface area contributed by atoms with Crippen LogP contribution < -0.4 is 0 Å². The van der Waals surface area contributed by atoms with Gasteiger partial charge in [-0.05, 0) is 66.5 Å². The van der Waals surface area contributed by atoms with Crippen LogP contribution in [0.15, 0.2) is 28.1 Å². The van der Waals surface area contributed by atoms with Gasteiger partial charge in [-0.2, -0.15) is 0 Å². The quantitative estimate of drug-likeness (QED) is 0.804. The van der Waals surface area contributed by atoms with Crippen molar-refractivity contribution in [3.05, 3.63) is 42.7 Å². The summed E-state index contributed by atoms with van der Waals surface area (Å²) in [5.41, 5.74) is 0. The van der Waals surface area contributed by atoms with Crippen molar-refractivity contribution in [3.8, 4) is 0 Å². The first-order chi connectivity index (χ1) is 10.5. The van der Waals surface area contributed by atoms with E-state index in [4.69, 9.17) is 0 Å². The number of likely N-dealkylation sites (tertiary alicyclic amines) is 1. The number of carboxylic acid groups (broad SMARTS) is 1. The molecule has 0 saturated carbocycles. The zero-order chi connectivity index (χ0) is 15.7. The largest absolute Gasteiger partial charge is 0.481 e. The summed E-state index contributed by atoms with van der Waals surface area (Å²) in [4.78, 5) is 17.6. The van der Waals surface area contributed by atoms with E-state index < -0.39 is 5.97 Å². The number of hydrogen-bond donors (Lipinski definition) is 1. The number of hydrogen-bond acceptors (Lipinski definition) is 4. The third kappa shape index (κ3) is 3.45. The van der Waals surface area contributed by atoms with E-state index in [1.165, 1.54) is 14.6 Å². The zero-order valence-corrected chi connectivity index (χ0v) is 15.5. The topological polar surface area (TPSA) is 40.5 Å². The number of piperidine rings is 1. The Labute approximate surface area is 146 Å². The molecule has 0 aliphatic carbocycles. The number of aliphatic carboxylic acids is 1. The van der Waals surface area contributed by atoms with Gasteiger partial charge in [0.25, 0.3) is 0 Å². The molecule has 1 aliphatic rings. The minimum Gasteiger partial charge on any atom is -0.481 e. The number of carboxylic acids is 1. The maximum atomic E-state index is 11.4. The van der Waals surface area contributed by atoms with E-state index in [1.807, 2.05) is 0 Å². The molecule has 2 unspecified atom stereocenters. The predicted octanol–water partition coefficient (Wildman–Crippen LogP) is 4.77. The number of carbonyl (C=O) groups is 1. The van der Waals surface area contributed by atoms with E-state index >= 15 is 0 Å². The molecule has 2 atom stereocenters. The van der Waals surface area contributed by atoms with Crippen molar-refractivity contribution < 1.29 is 9.90 Å². The molecule has 0 radical (unpaired) electrons. The van der Waals surface area contributed by atoms with Crippen molar-refractivity contribution in [1.29, 1.82) is 0 Å². The average molecular weight is 400 g/mol. The summed E-state index contributed by atoms with van der Waals surface area (Å²) < 4.78 is 1.12. The van der Waals surface area contributed by atoms with Gasteiger partial charge in [0.05, 0.1) is 15.7 Å². The lowest BCUT2D eigenvalue weighted by Gasteiger charge is -2.36. The zero-order valence-electron chi connectivity index (χ0n) is 12.3. The third-order valence-electron chi connectivity index (χ3n) is 4.06. The van der Waals surface area contributed by atoms with Gasteiger partial charge in [0.1, 0.15) is 0 Å². The lowest BCUT2D eigenvalue weighted by atomic mass is 9.96. The summed E-state index contributed by atoms with van der Waals surface area (Å²) in [6.07, 6.45) is 1.74. The summed E-state index contributed by atoms with van der Waals surface area (Å²) in [5.74, 6) is -0.918. The molecule has 3 nitrogen and oxygen atoms in total. The Morgan fingerprint density at radius 3 is 2.64 bits per heavy atom. The highest BCUT2D eigenvalue weighted by atomic mass is 79.9. The van der Waals surface area contributed by atoms with Gasteiger partial charge in [-0.1, -0.05) is 0 Å². The summed E-state index contributed by atoms with van der Waals surface area (Å²) in [6, 6.07) is 8.74. The van der Waals surface area contributed by atoms with Gasteiger partial charge in [-0.3, -0.25) is 9.69 Å². The molecular weight excluding hydrogens is 382 g/mol. The Bertz CT molecular complexity index is 626. The number of thiophene rings is 2. The summed E-state index contributed by atoms with van der Waals surface area (Å²) in [6.45, 7) is 3.71. The minimum atomic E-state index is -0.668. The lowest BCUT2D eigenvalue weighted by molar-refractivity contribution is -0.143.